The first kappa shape index (κ1) is 20.4. The number of carbonyl (C=O) groups is 2. The zero-order valence-corrected chi connectivity index (χ0v) is 16.0. The van der Waals surface area contributed by atoms with Crippen molar-refractivity contribution in [2.45, 2.75) is 19.3 Å². The molecule has 1 aliphatic rings. The number of ether oxygens (including phenoxy) is 1. The Balaban J connectivity index is 1.41. The Morgan fingerprint density at radius 2 is 1.90 bits per heavy atom. The minimum Gasteiger partial charge on any atom is -0.438 e. The molecule has 0 radical (unpaired) electrons. The van der Waals surface area contributed by atoms with Crippen molar-refractivity contribution in [2.75, 3.05) is 0 Å². The van der Waals surface area contributed by atoms with Crippen molar-refractivity contribution < 1.29 is 27.5 Å². The topological polar surface area (TPSA) is 80.3 Å². The van der Waals surface area contributed by atoms with Crippen molar-refractivity contribution in [3.8, 4) is 11.6 Å². The molecular weight excluding hydrogens is 411 g/mol. The molecule has 0 saturated carbocycles. The molecular formula is C22H16F3N3O3. The van der Waals surface area contributed by atoms with Gasteiger partial charge in [0, 0.05) is 36.5 Å². The molecule has 1 aromatic heterocycles. The van der Waals surface area contributed by atoms with E-state index in [4.69, 9.17) is 4.74 Å². The van der Waals surface area contributed by atoms with Gasteiger partial charge in [-0.25, -0.2) is 4.98 Å². The van der Waals surface area contributed by atoms with E-state index >= 15 is 0 Å². The number of amides is 2. The monoisotopic (exact) mass is 427 g/mol. The van der Waals surface area contributed by atoms with E-state index in [1.54, 1.807) is 24.3 Å². The number of pyridine rings is 1. The maximum absolute atomic E-state index is 13.1. The van der Waals surface area contributed by atoms with Crippen molar-refractivity contribution in [1.29, 1.82) is 0 Å². The first-order valence-electron chi connectivity index (χ1n) is 9.30. The normalized spacial score (nSPS) is 12.8. The van der Waals surface area contributed by atoms with Crippen LogP contribution in [-0.2, 0) is 19.3 Å². The number of nitrogens with zero attached hydrogens (tertiary/aromatic N) is 1. The summed E-state index contributed by atoms with van der Waals surface area (Å²) in [4.78, 5) is 28.3. The highest BCUT2D eigenvalue weighted by molar-refractivity contribution is 6.04. The van der Waals surface area contributed by atoms with Crippen LogP contribution in [-0.4, -0.2) is 16.8 Å². The van der Waals surface area contributed by atoms with Crippen LogP contribution in [0.25, 0.3) is 0 Å². The third kappa shape index (κ3) is 4.35. The van der Waals surface area contributed by atoms with Crippen LogP contribution in [0.4, 0.5) is 13.2 Å². The van der Waals surface area contributed by atoms with Gasteiger partial charge in [-0.3, -0.25) is 9.59 Å². The van der Waals surface area contributed by atoms with Crippen LogP contribution in [0.15, 0.2) is 60.8 Å². The van der Waals surface area contributed by atoms with Gasteiger partial charge >= 0.3 is 6.18 Å². The van der Waals surface area contributed by atoms with Crippen molar-refractivity contribution in [3.05, 3.63) is 88.6 Å². The molecule has 31 heavy (non-hydrogen) atoms. The number of hydrogen-bond donors (Lipinski definition) is 2. The van der Waals surface area contributed by atoms with Gasteiger partial charge in [0.1, 0.15) is 5.75 Å². The van der Waals surface area contributed by atoms with Gasteiger partial charge in [0.05, 0.1) is 5.56 Å². The standard InChI is InChI=1S/C22H16F3N3O3/c23-22(24,25)17-6-1-2-7-18(17)31-19-9-8-13(10-26-19)11-27-20(29)14-4-3-5-15-16(14)12-28-21(15)30/h1-10H,11-12H2,(H,27,29)(H,28,30). The largest absolute Gasteiger partial charge is 0.438 e. The summed E-state index contributed by atoms with van der Waals surface area (Å²) in [5, 5.41) is 5.43. The van der Waals surface area contributed by atoms with Crippen LogP contribution >= 0.6 is 0 Å². The molecule has 0 bridgehead atoms. The lowest BCUT2D eigenvalue weighted by atomic mass is 10.0. The van der Waals surface area contributed by atoms with Crippen molar-refractivity contribution in [1.82, 2.24) is 15.6 Å². The van der Waals surface area contributed by atoms with E-state index in [1.165, 1.54) is 30.5 Å². The molecule has 0 aliphatic carbocycles. The summed E-state index contributed by atoms with van der Waals surface area (Å²) in [6, 6.07) is 12.8. The number of benzene rings is 2. The fourth-order valence-corrected chi connectivity index (χ4v) is 3.22. The third-order valence-corrected chi connectivity index (χ3v) is 4.75. The van der Waals surface area contributed by atoms with Gasteiger partial charge in [-0.05, 0) is 35.4 Å². The van der Waals surface area contributed by atoms with E-state index in [9.17, 15) is 22.8 Å². The molecule has 9 heteroatoms. The minimum atomic E-state index is -4.54. The number of fused-ring (bicyclic) bond motifs is 1. The SMILES string of the molecule is O=C(NCc1ccc(Oc2ccccc2C(F)(F)F)nc1)c1cccc2c1CNC2=O. The van der Waals surface area contributed by atoms with Gasteiger partial charge in [-0.2, -0.15) is 13.2 Å². The molecule has 6 nitrogen and oxygen atoms in total. The molecule has 0 unspecified atom stereocenters. The van der Waals surface area contributed by atoms with Gasteiger partial charge in [0.25, 0.3) is 11.8 Å². The zero-order chi connectivity index (χ0) is 22.0. The van der Waals surface area contributed by atoms with E-state index in [1.807, 2.05) is 0 Å². The number of nitrogens with one attached hydrogen (secondary N) is 2. The summed E-state index contributed by atoms with van der Waals surface area (Å²) in [6.45, 7) is 0.445. The Morgan fingerprint density at radius 1 is 1.10 bits per heavy atom. The molecule has 2 heterocycles. The van der Waals surface area contributed by atoms with E-state index < -0.39 is 11.7 Å². The van der Waals surface area contributed by atoms with E-state index in [0.717, 1.165) is 6.07 Å². The minimum absolute atomic E-state index is 0.00255. The van der Waals surface area contributed by atoms with E-state index in [2.05, 4.69) is 15.6 Å². The van der Waals surface area contributed by atoms with Crippen molar-refractivity contribution >= 4 is 11.8 Å². The summed E-state index contributed by atoms with van der Waals surface area (Å²) < 4.78 is 44.5. The molecule has 0 fully saturated rings. The van der Waals surface area contributed by atoms with Gasteiger partial charge in [-0.15, -0.1) is 0 Å². The smallest absolute Gasteiger partial charge is 0.419 e. The van der Waals surface area contributed by atoms with Crippen LogP contribution in [0.5, 0.6) is 11.6 Å². The molecule has 0 spiro atoms. The molecule has 1 aliphatic heterocycles. The summed E-state index contributed by atoms with van der Waals surface area (Å²) in [5.41, 5.74) is 1.28. The molecule has 0 saturated heterocycles. The maximum atomic E-state index is 13.1. The number of rotatable bonds is 5. The van der Waals surface area contributed by atoms with Gasteiger partial charge in [-0.1, -0.05) is 24.3 Å². The molecule has 158 valence electrons. The van der Waals surface area contributed by atoms with Gasteiger partial charge in [0.2, 0.25) is 5.88 Å². The molecule has 2 aromatic carbocycles. The Labute approximate surface area is 175 Å². The Kier molecular flexibility index (Phi) is 5.33. The summed E-state index contributed by atoms with van der Waals surface area (Å²) >= 11 is 0. The van der Waals surface area contributed by atoms with Crippen LogP contribution in [0.1, 0.15) is 37.4 Å². The average Bonchev–Trinajstić information content (AvgIpc) is 3.14. The van der Waals surface area contributed by atoms with Gasteiger partial charge in [0.15, 0.2) is 0 Å². The Morgan fingerprint density at radius 3 is 2.65 bits per heavy atom. The Bertz CT molecular complexity index is 1140. The fourth-order valence-electron chi connectivity index (χ4n) is 3.22. The van der Waals surface area contributed by atoms with Crippen LogP contribution in [0.3, 0.4) is 0 Å². The summed E-state index contributed by atoms with van der Waals surface area (Å²) in [6.07, 6.45) is -3.13. The maximum Gasteiger partial charge on any atom is 0.419 e. The second kappa shape index (κ2) is 8.10. The highest BCUT2D eigenvalue weighted by atomic mass is 19.4. The molecule has 2 N–H and O–H groups in total. The molecule has 4 rings (SSSR count). The lowest BCUT2D eigenvalue weighted by Crippen LogP contribution is -2.24. The molecule has 3 aromatic rings. The third-order valence-electron chi connectivity index (χ3n) is 4.75. The van der Waals surface area contributed by atoms with Crippen molar-refractivity contribution in [2.24, 2.45) is 0 Å². The van der Waals surface area contributed by atoms with E-state index in [0.29, 0.717) is 28.8 Å². The first-order chi connectivity index (χ1) is 14.8. The quantitative estimate of drug-likeness (QED) is 0.644. The number of aromatic nitrogens is 1. The van der Waals surface area contributed by atoms with E-state index in [-0.39, 0.29) is 30.0 Å². The number of alkyl halides is 3. The van der Waals surface area contributed by atoms with Gasteiger partial charge < -0.3 is 15.4 Å². The van der Waals surface area contributed by atoms with Crippen LogP contribution < -0.4 is 15.4 Å². The Hall–Kier alpha value is -3.88. The number of halogens is 3. The highest BCUT2D eigenvalue weighted by Crippen LogP contribution is 2.37. The molecule has 0 atom stereocenters. The lowest BCUT2D eigenvalue weighted by molar-refractivity contribution is -0.138. The predicted molar refractivity (Wildman–Crippen MR) is 105 cm³/mol. The number of hydrogen-bond acceptors (Lipinski definition) is 4. The number of carbonyl (C=O) groups excluding carboxylic acids is 2. The van der Waals surface area contributed by atoms with Crippen LogP contribution in [0, 0.1) is 0 Å². The van der Waals surface area contributed by atoms with Crippen LogP contribution in [0.2, 0.25) is 0 Å². The second-order valence-corrected chi connectivity index (χ2v) is 6.80. The lowest BCUT2D eigenvalue weighted by Gasteiger charge is -2.13. The zero-order valence-electron chi connectivity index (χ0n) is 16.0. The number of para-hydroxylation sites is 1. The van der Waals surface area contributed by atoms with Crippen molar-refractivity contribution in [3.63, 3.8) is 0 Å². The predicted octanol–water partition coefficient (Wildman–Crippen LogP) is 4.07. The first-order valence-corrected chi connectivity index (χ1v) is 9.30. The molecule has 2 amide bonds. The highest BCUT2D eigenvalue weighted by Gasteiger charge is 2.34. The second-order valence-electron chi connectivity index (χ2n) is 6.80. The fraction of sp³-hybridized carbons (Fsp3) is 0.136. The summed E-state index contributed by atoms with van der Waals surface area (Å²) in [5.74, 6) is -0.897. The summed E-state index contributed by atoms with van der Waals surface area (Å²) in [7, 11) is 0. The average molecular weight is 427 g/mol.